The Bertz CT molecular complexity index is 1020. The number of amides is 2. The summed E-state index contributed by atoms with van der Waals surface area (Å²) in [5.41, 5.74) is 3.21. The van der Waals surface area contributed by atoms with Crippen LogP contribution in [0.15, 0.2) is 54.7 Å². The molecule has 7 nitrogen and oxygen atoms in total. The lowest BCUT2D eigenvalue weighted by Crippen LogP contribution is -2.47. The first-order chi connectivity index (χ1) is 14.0. The minimum absolute atomic E-state index is 0.271. The summed E-state index contributed by atoms with van der Waals surface area (Å²) in [7, 11) is 1.33. The zero-order chi connectivity index (χ0) is 20.8. The van der Waals surface area contributed by atoms with E-state index in [-0.39, 0.29) is 18.4 Å². The number of ether oxygens (including phenoxy) is 1. The first kappa shape index (κ1) is 20.1. The summed E-state index contributed by atoms with van der Waals surface area (Å²) in [5.74, 6) is -0.958. The van der Waals surface area contributed by atoms with Gasteiger partial charge in [0, 0.05) is 37.0 Å². The van der Waals surface area contributed by atoms with Crippen LogP contribution in [0.5, 0.6) is 0 Å². The monoisotopic (exact) mass is 393 g/mol. The molecule has 0 spiro atoms. The van der Waals surface area contributed by atoms with Crippen molar-refractivity contribution in [3.05, 3.63) is 71.4 Å². The molecular weight excluding hydrogens is 370 g/mol. The second kappa shape index (κ2) is 9.05. The summed E-state index contributed by atoms with van der Waals surface area (Å²) in [6.45, 7) is 1.67. The largest absolute Gasteiger partial charge is 0.465 e. The Morgan fingerprint density at radius 1 is 1.07 bits per heavy atom. The van der Waals surface area contributed by atoms with Gasteiger partial charge in [-0.25, -0.2) is 4.79 Å². The smallest absolute Gasteiger partial charge is 0.337 e. The molecule has 1 heterocycles. The van der Waals surface area contributed by atoms with Crippen LogP contribution < -0.4 is 10.6 Å². The first-order valence-corrected chi connectivity index (χ1v) is 9.25. The number of benzene rings is 2. The SMILES string of the molecule is COC(=O)c1ccc(CNC(=O)C(Cc2c[nH]c3ccccc23)NC(C)=O)cc1. The van der Waals surface area contributed by atoms with E-state index in [0.717, 1.165) is 22.0 Å². The van der Waals surface area contributed by atoms with Crippen LogP contribution in [0.3, 0.4) is 0 Å². The Morgan fingerprint density at radius 2 is 1.79 bits per heavy atom. The lowest BCUT2D eigenvalue weighted by Gasteiger charge is -2.17. The molecule has 29 heavy (non-hydrogen) atoms. The molecule has 7 heteroatoms. The van der Waals surface area contributed by atoms with Gasteiger partial charge >= 0.3 is 5.97 Å². The zero-order valence-electron chi connectivity index (χ0n) is 16.3. The molecule has 150 valence electrons. The van der Waals surface area contributed by atoms with Crippen molar-refractivity contribution in [2.24, 2.45) is 0 Å². The lowest BCUT2D eigenvalue weighted by atomic mass is 10.0. The molecule has 0 fully saturated rings. The minimum Gasteiger partial charge on any atom is -0.465 e. The van der Waals surface area contributed by atoms with Crippen molar-refractivity contribution < 1.29 is 19.1 Å². The van der Waals surface area contributed by atoms with Crippen molar-refractivity contribution in [1.29, 1.82) is 0 Å². The Labute approximate surface area is 168 Å². The number of carbonyl (C=O) groups is 3. The average Bonchev–Trinajstić information content (AvgIpc) is 3.14. The van der Waals surface area contributed by atoms with Crippen molar-refractivity contribution in [3.63, 3.8) is 0 Å². The molecule has 0 aliphatic heterocycles. The summed E-state index contributed by atoms with van der Waals surface area (Å²) in [5, 5.41) is 6.59. The molecule has 0 saturated heterocycles. The van der Waals surface area contributed by atoms with Crippen LogP contribution >= 0.6 is 0 Å². The number of esters is 1. The Hall–Kier alpha value is -3.61. The highest BCUT2D eigenvalue weighted by atomic mass is 16.5. The summed E-state index contributed by atoms with van der Waals surface area (Å²) in [4.78, 5) is 39.0. The number of fused-ring (bicyclic) bond motifs is 1. The maximum Gasteiger partial charge on any atom is 0.337 e. The minimum atomic E-state index is -0.693. The van der Waals surface area contributed by atoms with E-state index in [2.05, 4.69) is 20.4 Å². The number of hydrogen-bond acceptors (Lipinski definition) is 4. The molecular formula is C22H23N3O4. The fraction of sp³-hybridized carbons (Fsp3) is 0.227. The van der Waals surface area contributed by atoms with Gasteiger partial charge in [0.05, 0.1) is 12.7 Å². The summed E-state index contributed by atoms with van der Waals surface area (Å²) >= 11 is 0. The Balaban J connectivity index is 1.67. The number of nitrogens with one attached hydrogen (secondary N) is 3. The summed E-state index contributed by atoms with van der Waals surface area (Å²) in [6, 6.07) is 13.9. The third-order valence-corrected chi connectivity index (χ3v) is 4.63. The number of methoxy groups -OCH3 is 1. The first-order valence-electron chi connectivity index (χ1n) is 9.25. The zero-order valence-corrected chi connectivity index (χ0v) is 16.3. The van der Waals surface area contributed by atoms with Crippen LogP contribution in [0.1, 0.15) is 28.4 Å². The molecule has 0 aliphatic rings. The van der Waals surface area contributed by atoms with E-state index < -0.39 is 12.0 Å². The molecule has 1 atom stereocenters. The quantitative estimate of drug-likeness (QED) is 0.536. The van der Waals surface area contributed by atoms with Crippen LogP contribution in [0.4, 0.5) is 0 Å². The van der Waals surface area contributed by atoms with Gasteiger partial charge in [0.25, 0.3) is 0 Å². The maximum atomic E-state index is 12.7. The molecule has 1 unspecified atom stereocenters. The molecule has 0 bridgehead atoms. The second-order valence-electron chi connectivity index (χ2n) is 6.72. The van der Waals surface area contributed by atoms with Gasteiger partial charge in [0.15, 0.2) is 0 Å². The molecule has 0 saturated carbocycles. The second-order valence-corrected chi connectivity index (χ2v) is 6.72. The predicted octanol–water partition coefficient (Wildman–Crippen LogP) is 2.32. The van der Waals surface area contributed by atoms with Gasteiger partial charge in [0.2, 0.25) is 11.8 Å². The third-order valence-electron chi connectivity index (χ3n) is 4.63. The fourth-order valence-electron chi connectivity index (χ4n) is 3.16. The highest BCUT2D eigenvalue weighted by Gasteiger charge is 2.21. The average molecular weight is 393 g/mol. The molecule has 0 aliphatic carbocycles. The molecule has 2 aromatic carbocycles. The van der Waals surface area contributed by atoms with E-state index in [1.165, 1.54) is 14.0 Å². The van der Waals surface area contributed by atoms with Gasteiger partial charge in [-0.2, -0.15) is 0 Å². The highest BCUT2D eigenvalue weighted by Crippen LogP contribution is 2.19. The van der Waals surface area contributed by atoms with E-state index in [1.54, 1.807) is 24.3 Å². The third kappa shape index (κ3) is 5.01. The molecule has 3 rings (SSSR count). The molecule has 0 radical (unpaired) electrons. The highest BCUT2D eigenvalue weighted by molar-refractivity contribution is 5.90. The molecule has 2 amide bonds. The van der Waals surface area contributed by atoms with Gasteiger partial charge in [-0.3, -0.25) is 9.59 Å². The van der Waals surface area contributed by atoms with Crippen LogP contribution in [0.25, 0.3) is 10.9 Å². The Kier molecular flexibility index (Phi) is 6.29. The summed E-state index contributed by atoms with van der Waals surface area (Å²) in [6.07, 6.45) is 2.23. The number of aromatic amines is 1. The van der Waals surface area contributed by atoms with Gasteiger partial charge in [-0.05, 0) is 29.3 Å². The van der Waals surface area contributed by atoms with Crippen LogP contribution in [-0.2, 0) is 27.3 Å². The lowest BCUT2D eigenvalue weighted by molar-refractivity contribution is -0.128. The van der Waals surface area contributed by atoms with E-state index in [9.17, 15) is 14.4 Å². The van der Waals surface area contributed by atoms with Gasteiger partial charge in [-0.15, -0.1) is 0 Å². The number of hydrogen-bond donors (Lipinski definition) is 3. The van der Waals surface area contributed by atoms with E-state index in [4.69, 9.17) is 0 Å². The fourth-order valence-corrected chi connectivity index (χ4v) is 3.16. The van der Waals surface area contributed by atoms with Crippen LogP contribution in [0.2, 0.25) is 0 Å². The summed E-state index contributed by atoms with van der Waals surface area (Å²) < 4.78 is 4.67. The number of para-hydroxylation sites is 1. The van der Waals surface area contributed by atoms with E-state index in [1.807, 2.05) is 30.5 Å². The van der Waals surface area contributed by atoms with Gasteiger partial charge in [0.1, 0.15) is 6.04 Å². The maximum absolute atomic E-state index is 12.7. The van der Waals surface area contributed by atoms with Crippen molar-refractivity contribution >= 4 is 28.7 Å². The van der Waals surface area contributed by atoms with Crippen molar-refractivity contribution in [2.45, 2.75) is 25.9 Å². The van der Waals surface area contributed by atoms with Crippen molar-refractivity contribution in [3.8, 4) is 0 Å². The van der Waals surface area contributed by atoms with Crippen LogP contribution in [-0.4, -0.2) is 35.9 Å². The molecule has 3 aromatic rings. The molecule has 1 aromatic heterocycles. The van der Waals surface area contributed by atoms with Gasteiger partial charge in [-0.1, -0.05) is 30.3 Å². The number of carbonyl (C=O) groups excluding carboxylic acids is 3. The van der Waals surface area contributed by atoms with E-state index >= 15 is 0 Å². The van der Waals surface area contributed by atoms with Gasteiger partial charge < -0.3 is 20.4 Å². The van der Waals surface area contributed by atoms with E-state index in [0.29, 0.717) is 12.0 Å². The number of aromatic nitrogens is 1. The van der Waals surface area contributed by atoms with Crippen LogP contribution in [0, 0.1) is 0 Å². The normalized spacial score (nSPS) is 11.7. The number of H-pyrrole nitrogens is 1. The Morgan fingerprint density at radius 3 is 2.48 bits per heavy atom. The standard InChI is InChI=1S/C22H23N3O4/c1-14(26)25-20(11-17-13-23-19-6-4-3-5-18(17)19)21(27)24-12-15-7-9-16(10-8-15)22(28)29-2/h3-10,13,20,23H,11-12H2,1-2H3,(H,24,27)(H,25,26). The van der Waals surface area contributed by atoms with Crippen molar-refractivity contribution in [2.75, 3.05) is 7.11 Å². The predicted molar refractivity (Wildman–Crippen MR) is 109 cm³/mol. The van der Waals surface area contributed by atoms with Crippen molar-refractivity contribution in [1.82, 2.24) is 15.6 Å². The topological polar surface area (TPSA) is 100 Å². The number of rotatable bonds is 7. The molecule has 3 N–H and O–H groups in total.